The van der Waals surface area contributed by atoms with Crippen molar-refractivity contribution in [2.45, 2.75) is 13.8 Å². The summed E-state index contributed by atoms with van der Waals surface area (Å²) in [5.41, 5.74) is 14.0. The predicted octanol–water partition coefficient (Wildman–Crippen LogP) is 4.76. The predicted molar refractivity (Wildman–Crippen MR) is 161 cm³/mol. The number of amides is 3. The number of nitrogens with zero attached hydrogens (tertiary/aromatic N) is 3. The number of pyridine rings is 1. The fourth-order valence-corrected chi connectivity index (χ4v) is 4.89. The highest BCUT2D eigenvalue weighted by Gasteiger charge is 2.31. The molecule has 3 amide bonds. The Hall–Kier alpha value is -4.79. The van der Waals surface area contributed by atoms with E-state index in [1.807, 2.05) is 38.1 Å². The Labute approximate surface area is 248 Å². The van der Waals surface area contributed by atoms with Crippen molar-refractivity contribution in [3.63, 3.8) is 0 Å². The number of carbonyl (C=O) groups excluding carboxylic acids is 2. The third kappa shape index (κ3) is 6.25. The fourth-order valence-electron chi connectivity index (χ4n) is 4.59. The van der Waals surface area contributed by atoms with Crippen LogP contribution < -0.4 is 31.0 Å². The standard InChI is InChI=1S/C30H31ClN6O5/c1-5-41-26-11-18-9-21-24(10-19(18)12-27(26)42-7-6-37(3,30(34)39)16-28(33)38)35-15-20(14-32)29(21)36-23-13-25(40-4)22(31)8-17(23)2/h8-13,15H,5-7,16H2,1-4H3,(H4-,33,34,35,36,38,39)/p+1. The Kier molecular flexibility index (Phi) is 8.90. The van der Waals surface area contributed by atoms with Crippen LogP contribution in [-0.2, 0) is 4.79 Å². The van der Waals surface area contributed by atoms with E-state index in [4.69, 9.17) is 37.3 Å². The summed E-state index contributed by atoms with van der Waals surface area (Å²) in [6.45, 7) is 4.12. The number of anilines is 2. The molecule has 218 valence electrons. The van der Waals surface area contributed by atoms with Crippen LogP contribution in [0.1, 0.15) is 18.1 Å². The molecule has 3 aromatic carbocycles. The summed E-state index contributed by atoms with van der Waals surface area (Å²) in [5.74, 6) is 0.806. The summed E-state index contributed by atoms with van der Waals surface area (Å²) in [6, 6.07) is 12.6. The SMILES string of the molecule is CCOc1cc2cc3c(Nc4cc(OC)c(Cl)cc4C)c(C#N)cnc3cc2cc1OCC[N+](C)(CC(N)=O)C(N)=O. The van der Waals surface area contributed by atoms with E-state index in [1.54, 1.807) is 19.2 Å². The number of halogens is 1. The highest BCUT2D eigenvalue weighted by atomic mass is 35.5. The molecule has 0 aliphatic rings. The number of quaternary nitrogens is 1. The van der Waals surface area contributed by atoms with Crippen LogP contribution in [0.5, 0.6) is 17.2 Å². The van der Waals surface area contributed by atoms with Crippen molar-refractivity contribution in [3.8, 4) is 23.3 Å². The number of urea groups is 1. The minimum atomic E-state index is -0.688. The molecule has 4 rings (SSSR count). The minimum Gasteiger partial charge on any atom is -0.495 e. The summed E-state index contributed by atoms with van der Waals surface area (Å²) in [5, 5.41) is 16.1. The number of benzene rings is 3. The smallest absolute Gasteiger partial charge is 0.414 e. The molecular weight excluding hydrogens is 560 g/mol. The maximum atomic E-state index is 12.0. The molecular formula is C30H32ClN6O5+. The van der Waals surface area contributed by atoms with Gasteiger partial charge in [0.25, 0.3) is 5.91 Å². The van der Waals surface area contributed by atoms with Crippen LogP contribution in [0.2, 0.25) is 5.02 Å². The lowest BCUT2D eigenvalue weighted by Gasteiger charge is -2.28. The molecule has 0 aliphatic heterocycles. The number of aryl methyl sites for hydroxylation is 1. The largest absolute Gasteiger partial charge is 0.495 e. The van der Waals surface area contributed by atoms with Crippen molar-refractivity contribution < 1.29 is 28.3 Å². The number of nitrogens with one attached hydrogen (secondary N) is 1. The summed E-state index contributed by atoms with van der Waals surface area (Å²) < 4.78 is 16.9. The Morgan fingerprint density at radius 3 is 2.38 bits per heavy atom. The number of hydrogen-bond donors (Lipinski definition) is 3. The van der Waals surface area contributed by atoms with E-state index in [2.05, 4.69) is 16.4 Å². The van der Waals surface area contributed by atoms with Gasteiger partial charge >= 0.3 is 6.03 Å². The van der Waals surface area contributed by atoms with Gasteiger partial charge in [-0.1, -0.05) is 11.6 Å². The van der Waals surface area contributed by atoms with Gasteiger partial charge in [0, 0.05) is 23.3 Å². The summed E-state index contributed by atoms with van der Waals surface area (Å²) in [4.78, 5) is 28.0. The van der Waals surface area contributed by atoms with E-state index in [-0.39, 0.29) is 19.7 Å². The number of primary amides is 2. The number of aromatic nitrogens is 1. The molecule has 12 heteroatoms. The monoisotopic (exact) mass is 591 g/mol. The summed E-state index contributed by atoms with van der Waals surface area (Å²) >= 11 is 6.29. The quantitative estimate of drug-likeness (QED) is 0.166. The number of hydrogen-bond acceptors (Lipinski definition) is 8. The van der Waals surface area contributed by atoms with E-state index in [0.29, 0.717) is 45.6 Å². The van der Waals surface area contributed by atoms with Crippen molar-refractivity contribution in [3.05, 3.63) is 58.7 Å². The molecule has 0 radical (unpaired) electrons. The molecule has 1 aromatic heterocycles. The lowest BCUT2D eigenvalue weighted by atomic mass is 10.0. The van der Waals surface area contributed by atoms with Gasteiger partial charge in [0.2, 0.25) is 0 Å². The number of nitriles is 1. The van der Waals surface area contributed by atoms with E-state index in [1.165, 1.54) is 13.2 Å². The lowest BCUT2D eigenvalue weighted by molar-refractivity contribution is -0.820. The molecule has 1 unspecified atom stereocenters. The molecule has 0 fully saturated rings. The van der Waals surface area contributed by atoms with Gasteiger partial charge in [-0.05, 0) is 60.5 Å². The van der Waals surface area contributed by atoms with E-state index in [0.717, 1.165) is 27.4 Å². The molecule has 0 bridgehead atoms. The lowest BCUT2D eigenvalue weighted by Crippen LogP contribution is -2.57. The second kappa shape index (κ2) is 12.4. The number of ether oxygens (including phenoxy) is 3. The number of fused-ring (bicyclic) bond motifs is 2. The Morgan fingerprint density at radius 1 is 1.07 bits per heavy atom. The highest BCUT2D eigenvalue weighted by molar-refractivity contribution is 6.32. The summed E-state index contributed by atoms with van der Waals surface area (Å²) in [6.07, 6.45) is 1.52. The topological polar surface area (TPSA) is 163 Å². The van der Waals surface area contributed by atoms with E-state index >= 15 is 0 Å². The molecule has 42 heavy (non-hydrogen) atoms. The van der Waals surface area contributed by atoms with Crippen molar-refractivity contribution in [2.75, 3.05) is 45.8 Å². The maximum Gasteiger partial charge on any atom is 0.414 e. The van der Waals surface area contributed by atoms with Gasteiger partial charge in [-0.3, -0.25) is 9.78 Å². The van der Waals surface area contributed by atoms with Crippen LogP contribution in [0.4, 0.5) is 16.2 Å². The third-order valence-corrected chi connectivity index (χ3v) is 7.24. The molecule has 4 aromatic rings. The van der Waals surface area contributed by atoms with Crippen LogP contribution in [0, 0.1) is 18.3 Å². The first-order valence-corrected chi connectivity index (χ1v) is 13.5. The van der Waals surface area contributed by atoms with Gasteiger partial charge in [0.15, 0.2) is 18.0 Å². The van der Waals surface area contributed by atoms with Gasteiger partial charge in [0.05, 0.1) is 42.6 Å². The molecule has 0 spiro atoms. The molecule has 11 nitrogen and oxygen atoms in total. The fraction of sp³-hybridized carbons (Fsp3) is 0.267. The zero-order valence-electron chi connectivity index (χ0n) is 23.8. The number of carbonyl (C=O) groups is 2. The molecule has 0 aliphatic carbocycles. The summed E-state index contributed by atoms with van der Waals surface area (Å²) in [7, 11) is 3.07. The maximum absolute atomic E-state index is 12.0. The number of nitrogens with two attached hydrogens (primary N) is 2. The average molecular weight is 592 g/mol. The molecule has 1 heterocycles. The van der Waals surface area contributed by atoms with Crippen LogP contribution in [-0.4, -0.2) is 61.9 Å². The number of methoxy groups -OCH3 is 1. The van der Waals surface area contributed by atoms with Gasteiger partial charge in [-0.15, -0.1) is 0 Å². The van der Waals surface area contributed by atoms with Gasteiger partial charge in [-0.2, -0.15) is 5.26 Å². The van der Waals surface area contributed by atoms with Gasteiger partial charge < -0.3 is 31.0 Å². The van der Waals surface area contributed by atoms with Gasteiger partial charge in [-0.25, -0.2) is 9.28 Å². The molecule has 1 atom stereocenters. The van der Waals surface area contributed by atoms with E-state index < -0.39 is 16.4 Å². The van der Waals surface area contributed by atoms with Crippen molar-refractivity contribution in [1.29, 1.82) is 5.26 Å². The average Bonchev–Trinajstić information content (AvgIpc) is 2.93. The Morgan fingerprint density at radius 2 is 1.76 bits per heavy atom. The van der Waals surface area contributed by atoms with Crippen LogP contribution in [0.3, 0.4) is 0 Å². The Balaban J connectivity index is 1.75. The zero-order valence-corrected chi connectivity index (χ0v) is 24.5. The van der Waals surface area contributed by atoms with Crippen molar-refractivity contribution in [1.82, 2.24) is 4.98 Å². The second-order valence-corrected chi connectivity index (χ2v) is 10.4. The molecule has 0 saturated carbocycles. The minimum absolute atomic E-state index is 0.0770. The first kappa shape index (κ1) is 30.2. The number of rotatable bonds is 11. The van der Waals surface area contributed by atoms with E-state index in [9.17, 15) is 14.9 Å². The first-order valence-electron chi connectivity index (χ1n) is 13.1. The van der Waals surface area contributed by atoms with Crippen LogP contribution in [0.25, 0.3) is 21.7 Å². The Bertz CT molecular complexity index is 1740. The van der Waals surface area contributed by atoms with Crippen LogP contribution in [0.15, 0.2) is 42.6 Å². The van der Waals surface area contributed by atoms with Crippen LogP contribution >= 0.6 is 11.6 Å². The van der Waals surface area contributed by atoms with Gasteiger partial charge in [0.1, 0.15) is 25.0 Å². The third-order valence-electron chi connectivity index (χ3n) is 6.95. The molecule has 5 N–H and O–H groups in total. The number of likely N-dealkylation sites (N-methyl/N-ethyl adjacent to an activating group) is 1. The highest BCUT2D eigenvalue weighted by Crippen LogP contribution is 2.39. The van der Waals surface area contributed by atoms with Crippen molar-refractivity contribution >= 4 is 56.6 Å². The normalized spacial score (nSPS) is 12.4. The second-order valence-electron chi connectivity index (χ2n) is 9.96. The van der Waals surface area contributed by atoms with Crippen molar-refractivity contribution in [2.24, 2.45) is 11.5 Å². The first-order chi connectivity index (χ1) is 20.0. The zero-order chi connectivity index (χ0) is 30.6. The molecule has 0 saturated heterocycles.